The maximum atomic E-state index is 13.7. The van der Waals surface area contributed by atoms with Crippen LogP contribution in [0.15, 0.2) is 54.7 Å². The third-order valence-corrected chi connectivity index (χ3v) is 5.74. The standard InChI is InChI=1S/C25H25F2N3O2/c1-16(18-6-8-20(9-7-18)25(31)32-2)29-24-23-19(11-12-28-24)4-3-13-30(23)15-17-5-10-21(26)22(27)14-17/h5-12,14,16H,3-4,13,15H2,1-2H3,(H,28,29)/t16-/m0/s1. The number of hydrogen-bond acceptors (Lipinski definition) is 5. The van der Waals surface area contributed by atoms with Gasteiger partial charge in [0, 0.05) is 19.3 Å². The Bertz CT molecular complexity index is 1120. The molecule has 1 atom stereocenters. The van der Waals surface area contributed by atoms with Gasteiger partial charge in [0.2, 0.25) is 0 Å². The number of nitrogens with one attached hydrogen (secondary N) is 1. The number of aryl methyl sites for hydroxylation is 1. The van der Waals surface area contributed by atoms with E-state index in [9.17, 15) is 13.6 Å². The number of carbonyl (C=O) groups excluding carboxylic acids is 1. The molecule has 2 aromatic carbocycles. The number of rotatable bonds is 6. The highest BCUT2D eigenvalue weighted by Gasteiger charge is 2.23. The summed E-state index contributed by atoms with van der Waals surface area (Å²) in [7, 11) is 1.36. The molecule has 0 spiro atoms. The van der Waals surface area contributed by atoms with Gasteiger partial charge in [-0.25, -0.2) is 18.6 Å². The van der Waals surface area contributed by atoms with Crippen LogP contribution in [0.5, 0.6) is 0 Å². The molecule has 0 fully saturated rings. The normalized spacial score (nSPS) is 13.9. The van der Waals surface area contributed by atoms with E-state index in [0.29, 0.717) is 17.7 Å². The van der Waals surface area contributed by atoms with Crippen molar-refractivity contribution in [2.24, 2.45) is 0 Å². The van der Waals surface area contributed by atoms with Crippen LogP contribution < -0.4 is 10.2 Å². The molecule has 7 heteroatoms. The molecule has 0 bridgehead atoms. The Kier molecular flexibility index (Phi) is 6.35. The van der Waals surface area contributed by atoms with Crippen LogP contribution in [-0.2, 0) is 17.7 Å². The number of esters is 1. The average molecular weight is 437 g/mol. The Morgan fingerprint density at radius 3 is 2.66 bits per heavy atom. The van der Waals surface area contributed by atoms with E-state index in [0.717, 1.165) is 42.5 Å². The monoisotopic (exact) mass is 437 g/mol. The molecule has 0 saturated carbocycles. The number of methoxy groups -OCH3 is 1. The lowest BCUT2D eigenvalue weighted by atomic mass is 10.0. The summed E-state index contributed by atoms with van der Waals surface area (Å²) >= 11 is 0. The number of fused-ring (bicyclic) bond motifs is 1. The van der Waals surface area contributed by atoms with Crippen LogP contribution in [0.25, 0.3) is 0 Å². The molecule has 5 nitrogen and oxygen atoms in total. The molecule has 32 heavy (non-hydrogen) atoms. The number of ether oxygens (including phenoxy) is 1. The number of halogens is 2. The van der Waals surface area contributed by atoms with E-state index in [4.69, 9.17) is 4.74 Å². The number of pyridine rings is 1. The van der Waals surface area contributed by atoms with Crippen LogP contribution in [0.2, 0.25) is 0 Å². The van der Waals surface area contributed by atoms with Crippen molar-refractivity contribution in [2.75, 3.05) is 23.9 Å². The first-order chi connectivity index (χ1) is 15.5. The number of aromatic nitrogens is 1. The Morgan fingerprint density at radius 2 is 1.94 bits per heavy atom. The number of nitrogens with zero attached hydrogens (tertiary/aromatic N) is 2. The Labute approximate surface area is 186 Å². The van der Waals surface area contributed by atoms with Gasteiger partial charge in [-0.05, 0) is 66.8 Å². The van der Waals surface area contributed by atoms with E-state index in [1.165, 1.54) is 18.7 Å². The molecule has 0 amide bonds. The van der Waals surface area contributed by atoms with Crippen LogP contribution in [0.3, 0.4) is 0 Å². The third kappa shape index (κ3) is 4.56. The Hall–Kier alpha value is -3.48. The predicted molar refractivity (Wildman–Crippen MR) is 120 cm³/mol. The molecule has 4 rings (SSSR count). The minimum Gasteiger partial charge on any atom is -0.465 e. The summed E-state index contributed by atoms with van der Waals surface area (Å²) in [4.78, 5) is 18.4. The van der Waals surface area contributed by atoms with Crippen LogP contribution in [0.4, 0.5) is 20.3 Å². The van der Waals surface area contributed by atoms with E-state index in [2.05, 4.69) is 15.2 Å². The van der Waals surface area contributed by atoms with Gasteiger partial charge in [-0.3, -0.25) is 0 Å². The van der Waals surface area contributed by atoms with Gasteiger partial charge in [-0.2, -0.15) is 0 Å². The lowest BCUT2D eigenvalue weighted by molar-refractivity contribution is 0.0600. The van der Waals surface area contributed by atoms with Crippen molar-refractivity contribution in [3.63, 3.8) is 0 Å². The van der Waals surface area contributed by atoms with E-state index in [1.54, 1.807) is 24.4 Å². The second kappa shape index (κ2) is 9.34. The first kappa shape index (κ1) is 21.7. The summed E-state index contributed by atoms with van der Waals surface area (Å²) in [6, 6.07) is 13.2. The third-order valence-electron chi connectivity index (χ3n) is 5.74. The highest BCUT2D eigenvalue weighted by molar-refractivity contribution is 5.89. The molecule has 0 radical (unpaired) electrons. The van der Waals surface area contributed by atoms with Crippen molar-refractivity contribution in [2.45, 2.75) is 32.4 Å². The smallest absolute Gasteiger partial charge is 0.337 e. The zero-order chi connectivity index (χ0) is 22.7. The summed E-state index contributed by atoms with van der Waals surface area (Å²) in [5, 5.41) is 3.48. The van der Waals surface area contributed by atoms with E-state index < -0.39 is 11.6 Å². The van der Waals surface area contributed by atoms with Gasteiger partial charge in [-0.15, -0.1) is 0 Å². The topological polar surface area (TPSA) is 54.5 Å². The number of carbonyl (C=O) groups is 1. The zero-order valence-corrected chi connectivity index (χ0v) is 18.1. The molecule has 1 aromatic heterocycles. The molecular weight excluding hydrogens is 412 g/mol. The SMILES string of the molecule is COC(=O)c1ccc([C@H](C)Nc2nccc3c2N(Cc2ccc(F)c(F)c2)CCC3)cc1. The number of hydrogen-bond donors (Lipinski definition) is 1. The molecule has 1 N–H and O–H groups in total. The first-order valence-electron chi connectivity index (χ1n) is 10.6. The van der Waals surface area contributed by atoms with Gasteiger partial charge in [0.25, 0.3) is 0 Å². The zero-order valence-electron chi connectivity index (χ0n) is 18.1. The van der Waals surface area contributed by atoms with Gasteiger partial charge in [-0.1, -0.05) is 18.2 Å². The van der Waals surface area contributed by atoms with Gasteiger partial charge < -0.3 is 15.0 Å². The lowest BCUT2D eigenvalue weighted by Gasteiger charge is -2.33. The van der Waals surface area contributed by atoms with Crippen molar-refractivity contribution in [3.8, 4) is 0 Å². The molecular formula is C25H25F2N3O2. The molecule has 1 aliphatic rings. The fraction of sp³-hybridized carbons (Fsp3) is 0.280. The predicted octanol–water partition coefficient (Wildman–Crippen LogP) is 5.27. The van der Waals surface area contributed by atoms with Crippen molar-refractivity contribution in [3.05, 3.63) is 88.6 Å². The van der Waals surface area contributed by atoms with Gasteiger partial charge in [0.05, 0.1) is 24.4 Å². The molecule has 0 saturated heterocycles. The minimum absolute atomic E-state index is 0.0623. The average Bonchev–Trinajstić information content (AvgIpc) is 2.81. The van der Waals surface area contributed by atoms with Crippen LogP contribution in [0.1, 0.15) is 46.4 Å². The lowest BCUT2D eigenvalue weighted by Crippen LogP contribution is -2.30. The van der Waals surface area contributed by atoms with E-state index >= 15 is 0 Å². The summed E-state index contributed by atoms with van der Waals surface area (Å²) in [6.45, 7) is 3.29. The molecule has 2 heterocycles. The fourth-order valence-corrected chi connectivity index (χ4v) is 4.06. The summed E-state index contributed by atoms with van der Waals surface area (Å²) < 4.78 is 31.8. The van der Waals surface area contributed by atoms with Crippen molar-refractivity contribution in [1.29, 1.82) is 0 Å². The Balaban J connectivity index is 1.58. The summed E-state index contributed by atoms with van der Waals surface area (Å²) in [6.07, 6.45) is 3.70. The minimum atomic E-state index is -0.844. The molecule has 166 valence electrons. The Morgan fingerprint density at radius 1 is 1.16 bits per heavy atom. The van der Waals surface area contributed by atoms with Crippen LogP contribution in [-0.4, -0.2) is 24.6 Å². The maximum Gasteiger partial charge on any atom is 0.337 e. The first-order valence-corrected chi connectivity index (χ1v) is 10.6. The van der Waals surface area contributed by atoms with Gasteiger partial charge in [0.15, 0.2) is 11.6 Å². The quantitative estimate of drug-likeness (QED) is 0.533. The van der Waals surface area contributed by atoms with Gasteiger partial charge >= 0.3 is 5.97 Å². The van der Waals surface area contributed by atoms with Crippen LogP contribution in [0, 0.1) is 11.6 Å². The van der Waals surface area contributed by atoms with E-state index in [1.807, 2.05) is 25.1 Å². The molecule has 1 aliphatic heterocycles. The maximum absolute atomic E-state index is 13.7. The second-order valence-corrected chi connectivity index (χ2v) is 7.92. The van der Waals surface area contributed by atoms with E-state index in [-0.39, 0.29) is 12.0 Å². The highest BCUT2D eigenvalue weighted by atomic mass is 19.2. The van der Waals surface area contributed by atoms with Crippen molar-refractivity contribution in [1.82, 2.24) is 4.98 Å². The number of anilines is 2. The van der Waals surface area contributed by atoms with Gasteiger partial charge in [0.1, 0.15) is 5.82 Å². The number of benzene rings is 2. The highest BCUT2D eigenvalue weighted by Crippen LogP contribution is 2.36. The summed E-state index contributed by atoms with van der Waals surface area (Å²) in [5.41, 5.74) is 4.36. The molecule has 0 aliphatic carbocycles. The second-order valence-electron chi connectivity index (χ2n) is 7.92. The molecule has 3 aromatic rings. The fourth-order valence-electron chi connectivity index (χ4n) is 4.06. The molecule has 0 unspecified atom stereocenters. The van der Waals surface area contributed by atoms with Crippen molar-refractivity contribution >= 4 is 17.5 Å². The van der Waals surface area contributed by atoms with Crippen molar-refractivity contribution < 1.29 is 18.3 Å². The summed E-state index contributed by atoms with van der Waals surface area (Å²) in [5.74, 6) is -1.31. The largest absolute Gasteiger partial charge is 0.465 e. The van der Waals surface area contributed by atoms with Crippen LogP contribution >= 0.6 is 0 Å².